The van der Waals surface area contributed by atoms with Crippen LogP contribution in [0.5, 0.6) is 0 Å². The Hall–Kier alpha value is 0.580. The smallest absolute Gasteiger partial charge is 0.207 e. The lowest BCUT2D eigenvalue weighted by molar-refractivity contribution is 0.596. The lowest BCUT2D eigenvalue weighted by atomic mass is 10.3. The fourth-order valence-corrected chi connectivity index (χ4v) is 13.5. The average Bonchev–Trinajstić information content (AvgIpc) is 2.66. The summed E-state index contributed by atoms with van der Waals surface area (Å²) in [5, 5.41) is 0. The lowest BCUT2D eigenvalue weighted by Crippen LogP contribution is -2.06. The van der Waals surface area contributed by atoms with Crippen molar-refractivity contribution >= 4 is 140 Å². The molecule has 0 N–H and O–H groups in total. The molecule has 26 heteroatoms. The standard InChI is InChI=1S/C12H4Cl6O12S8/c13-33(19,20)5-1-7(35(15,23)24)11(8(2-5)36(16,25)26)31-32-12-9(37(17,27)28)3-6(34(14,21)22)4-10(12)38(18,29)30/h1-4H. The van der Waals surface area contributed by atoms with Crippen LogP contribution in [0.15, 0.2) is 63.4 Å². The van der Waals surface area contributed by atoms with Gasteiger partial charge in [-0.05, 0) is 45.9 Å². The van der Waals surface area contributed by atoms with E-state index in [9.17, 15) is 50.5 Å². The van der Waals surface area contributed by atoms with Crippen LogP contribution in [0.25, 0.3) is 0 Å². The van der Waals surface area contributed by atoms with Crippen molar-refractivity contribution in [1.29, 1.82) is 0 Å². The minimum Gasteiger partial charge on any atom is -0.207 e. The summed E-state index contributed by atoms with van der Waals surface area (Å²) in [6.07, 6.45) is 0. The fraction of sp³-hybridized carbons (Fsp3) is 0. The Kier molecular flexibility index (Phi) is 10.4. The number of hydrogen-bond acceptors (Lipinski definition) is 14. The Labute approximate surface area is 251 Å². The van der Waals surface area contributed by atoms with Gasteiger partial charge in [-0.3, -0.25) is 0 Å². The molecule has 0 unspecified atom stereocenters. The Morgan fingerprint density at radius 3 is 0.684 bits per heavy atom. The zero-order valence-electron chi connectivity index (χ0n) is 16.7. The quantitative estimate of drug-likeness (QED) is 0.259. The van der Waals surface area contributed by atoms with Gasteiger partial charge in [-0.15, -0.1) is 0 Å². The first kappa shape index (κ1) is 34.8. The third-order valence-corrected chi connectivity index (χ3v) is 14.9. The Balaban J connectivity index is 3.04. The summed E-state index contributed by atoms with van der Waals surface area (Å²) in [7, 11) is 2.11. The number of benzene rings is 2. The first-order valence-electron chi connectivity index (χ1n) is 8.03. The summed E-state index contributed by atoms with van der Waals surface area (Å²) in [6, 6.07) is 1.39. The van der Waals surface area contributed by atoms with Gasteiger partial charge in [0, 0.05) is 64.1 Å². The Bertz CT molecular complexity index is 1750. The molecule has 0 atom stereocenters. The Morgan fingerprint density at radius 2 is 0.553 bits per heavy atom. The predicted octanol–water partition coefficient (Wildman–Crippen LogP) is 4.05. The third-order valence-electron chi connectivity index (χ3n) is 3.81. The highest BCUT2D eigenvalue weighted by Crippen LogP contribution is 2.50. The van der Waals surface area contributed by atoms with Crippen molar-refractivity contribution in [2.75, 3.05) is 0 Å². The van der Waals surface area contributed by atoms with Crippen LogP contribution in [0.2, 0.25) is 0 Å². The molecular weight excluding hydrogens is 805 g/mol. The zero-order chi connectivity index (χ0) is 29.9. The van der Waals surface area contributed by atoms with Crippen molar-refractivity contribution < 1.29 is 50.5 Å². The second kappa shape index (κ2) is 11.3. The summed E-state index contributed by atoms with van der Waals surface area (Å²) in [4.78, 5) is -8.84. The van der Waals surface area contributed by atoms with Crippen LogP contribution in [0.3, 0.4) is 0 Å². The molecule has 0 saturated carbocycles. The fourth-order valence-electron chi connectivity index (χ4n) is 2.36. The molecule has 2 aromatic carbocycles. The van der Waals surface area contributed by atoms with Gasteiger partial charge in [0.1, 0.15) is 0 Å². The number of halogens is 6. The molecule has 0 spiro atoms. The van der Waals surface area contributed by atoms with Gasteiger partial charge in [-0.25, -0.2) is 50.5 Å². The van der Waals surface area contributed by atoms with E-state index in [0.29, 0.717) is 24.3 Å². The minimum absolute atomic E-state index is 0.00332. The third kappa shape index (κ3) is 8.55. The first-order valence-corrected chi connectivity index (χ1v) is 24.0. The molecule has 12 nitrogen and oxygen atoms in total. The molecule has 214 valence electrons. The highest BCUT2D eigenvalue weighted by molar-refractivity contribution is 8.76. The first-order chi connectivity index (χ1) is 16.6. The summed E-state index contributed by atoms with van der Waals surface area (Å²) in [5.41, 5.74) is 0. The molecule has 0 radical (unpaired) electrons. The van der Waals surface area contributed by atoms with Gasteiger partial charge in [0.25, 0.3) is 54.3 Å². The SMILES string of the molecule is O=S(=O)(Cl)c1cc(S(=O)(=O)Cl)c(SSc2c(S(=O)(=O)Cl)cc(S(=O)(=O)Cl)cc2S(=O)(=O)Cl)c(S(=O)(=O)Cl)c1. The van der Waals surface area contributed by atoms with Crippen LogP contribution >= 0.6 is 85.7 Å². The number of rotatable bonds is 9. The summed E-state index contributed by atoms with van der Waals surface area (Å²) in [6.45, 7) is 0. The average molecular weight is 809 g/mol. The maximum atomic E-state index is 12.2. The van der Waals surface area contributed by atoms with Gasteiger partial charge in [-0.2, -0.15) is 0 Å². The largest absolute Gasteiger partial charge is 0.262 e. The van der Waals surface area contributed by atoms with E-state index in [1.807, 2.05) is 0 Å². The topological polar surface area (TPSA) is 205 Å². The minimum atomic E-state index is -5.00. The van der Waals surface area contributed by atoms with Crippen molar-refractivity contribution in [3.63, 3.8) is 0 Å². The molecule has 0 aromatic heterocycles. The van der Waals surface area contributed by atoms with Crippen LogP contribution in [0.1, 0.15) is 0 Å². The predicted molar refractivity (Wildman–Crippen MR) is 143 cm³/mol. The van der Waals surface area contributed by atoms with Crippen molar-refractivity contribution in [1.82, 2.24) is 0 Å². The molecule has 0 saturated heterocycles. The van der Waals surface area contributed by atoms with Gasteiger partial charge in [-0.1, -0.05) is 0 Å². The van der Waals surface area contributed by atoms with Gasteiger partial charge >= 0.3 is 0 Å². The Morgan fingerprint density at radius 1 is 0.368 bits per heavy atom. The van der Waals surface area contributed by atoms with Crippen LogP contribution < -0.4 is 0 Å². The van der Waals surface area contributed by atoms with Crippen molar-refractivity contribution in [3.05, 3.63) is 24.3 Å². The highest BCUT2D eigenvalue weighted by atomic mass is 35.7. The molecule has 38 heavy (non-hydrogen) atoms. The molecular formula is C12H4Cl6O12S8. The van der Waals surface area contributed by atoms with E-state index in [4.69, 9.17) is 64.1 Å². The van der Waals surface area contributed by atoms with E-state index < -0.39 is 93.5 Å². The second-order valence-corrected chi connectivity index (χ2v) is 23.7. The van der Waals surface area contributed by atoms with Crippen LogP contribution in [-0.4, -0.2) is 50.5 Å². The van der Waals surface area contributed by atoms with E-state index in [1.165, 1.54) is 0 Å². The van der Waals surface area contributed by atoms with Gasteiger partial charge < -0.3 is 0 Å². The molecule has 2 rings (SSSR count). The molecule has 0 heterocycles. The summed E-state index contributed by atoms with van der Waals surface area (Å²) < 4.78 is 144. The molecule has 0 aliphatic heterocycles. The van der Waals surface area contributed by atoms with Crippen molar-refractivity contribution in [3.8, 4) is 0 Å². The van der Waals surface area contributed by atoms with Gasteiger partial charge in [0.05, 0.1) is 39.2 Å². The van der Waals surface area contributed by atoms with Crippen molar-refractivity contribution in [2.45, 2.75) is 39.2 Å². The molecule has 0 bridgehead atoms. The maximum absolute atomic E-state index is 12.2. The number of hydrogen-bond donors (Lipinski definition) is 0. The molecule has 0 aliphatic carbocycles. The molecule has 0 aliphatic rings. The van der Waals surface area contributed by atoms with E-state index in [0.717, 1.165) is 0 Å². The molecule has 0 amide bonds. The lowest BCUT2D eigenvalue weighted by Gasteiger charge is -2.15. The summed E-state index contributed by atoms with van der Waals surface area (Å²) in [5.74, 6) is 0. The van der Waals surface area contributed by atoms with Crippen LogP contribution in [0, 0.1) is 0 Å². The van der Waals surface area contributed by atoms with E-state index in [-0.39, 0.29) is 21.6 Å². The van der Waals surface area contributed by atoms with Crippen LogP contribution in [-0.2, 0) is 54.3 Å². The van der Waals surface area contributed by atoms with E-state index >= 15 is 0 Å². The molecule has 2 aromatic rings. The van der Waals surface area contributed by atoms with E-state index in [2.05, 4.69) is 0 Å². The molecule has 0 fully saturated rings. The maximum Gasteiger partial charge on any atom is 0.262 e. The van der Waals surface area contributed by atoms with Crippen molar-refractivity contribution in [2.24, 2.45) is 0 Å². The second-order valence-electron chi connectivity index (χ2n) is 6.29. The zero-order valence-corrected chi connectivity index (χ0v) is 27.8. The van der Waals surface area contributed by atoms with Crippen LogP contribution in [0.4, 0.5) is 0 Å². The van der Waals surface area contributed by atoms with E-state index in [1.54, 1.807) is 0 Å². The normalized spacial score (nSPS) is 13.9. The van der Waals surface area contributed by atoms with Gasteiger partial charge in [0.2, 0.25) is 0 Å². The monoisotopic (exact) mass is 806 g/mol. The van der Waals surface area contributed by atoms with Gasteiger partial charge in [0.15, 0.2) is 0 Å². The highest BCUT2D eigenvalue weighted by Gasteiger charge is 2.33. The summed E-state index contributed by atoms with van der Waals surface area (Å²) >= 11 is 0.